The van der Waals surface area contributed by atoms with Gasteiger partial charge in [0, 0.05) is 11.4 Å². The fourth-order valence-corrected chi connectivity index (χ4v) is 10.2. The highest BCUT2D eigenvalue weighted by Crippen LogP contribution is 2.68. The van der Waals surface area contributed by atoms with E-state index in [1.807, 2.05) is 0 Å². The normalized spacial score (nSPS) is 40.7. The largest absolute Gasteiger partial charge is 0.459 e. The lowest BCUT2D eigenvalue weighted by Gasteiger charge is -2.61. The van der Waals surface area contributed by atoms with E-state index in [-0.39, 0.29) is 12.1 Å². The summed E-state index contributed by atoms with van der Waals surface area (Å²) in [7, 11) is 0. The fourth-order valence-electron chi connectivity index (χ4n) is 10.2. The molecule has 0 heterocycles. The SMILES string of the molecule is CC(C)CC(C)C1CCC2C3CCC4CC(OC(=O)c5cc(N)cc(N)c5)CCC4(C)C3CCC12C. The van der Waals surface area contributed by atoms with Crippen molar-refractivity contribution >= 4 is 17.3 Å². The van der Waals surface area contributed by atoms with E-state index in [9.17, 15) is 4.79 Å². The molecule has 4 fully saturated rings. The number of anilines is 2. The zero-order valence-electron chi connectivity index (χ0n) is 23.4. The predicted molar refractivity (Wildman–Crippen MR) is 148 cm³/mol. The van der Waals surface area contributed by atoms with Gasteiger partial charge in [-0.3, -0.25) is 0 Å². The van der Waals surface area contributed by atoms with Crippen molar-refractivity contribution < 1.29 is 9.53 Å². The van der Waals surface area contributed by atoms with Crippen LogP contribution in [0.2, 0.25) is 0 Å². The first kappa shape index (κ1) is 25.9. The molecule has 4 aliphatic rings. The lowest BCUT2D eigenvalue weighted by atomic mass is 9.44. The van der Waals surface area contributed by atoms with Crippen molar-refractivity contribution in [1.29, 1.82) is 0 Å². The summed E-state index contributed by atoms with van der Waals surface area (Å²) < 4.78 is 6.02. The third-order valence-corrected chi connectivity index (χ3v) is 11.7. The van der Waals surface area contributed by atoms with Gasteiger partial charge in [0.05, 0.1) is 5.56 Å². The molecular formula is C32H50N2O2. The number of nitrogens with two attached hydrogens (primary N) is 2. The topological polar surface area (TPSA) is 78.3 Å². The van der Waals surface area contributed by atoms with Gasteiger partial charge in [0.15, 0.2) is 0 Å². The minimum absolute atomic E-state index is 0.0105. The summed E-state index contributed by atoms with van der Waals surface area (Å²) in [5.41, 5.74) is 14.2. The smallest absolute Gasteiger partial charge is 0.338 e. The monoisotopic (exact) mass is 494 g/mol. The Morgan fingerprint density at radius 1 is 0.917 bits per heavy atom. The molecular weight excluding hydrogens is 444 g/mol. The van der Waals surface area contributed by atoms with Gasteiger partial charge in [0.25, 0.3) is 0 Å². The summed E-state index contributed by atoms with van der Waals surface area (Å²) in [5, 5.41) is 0. The Labute approximate surface area is 219 Å². The molecule has 200 valence electrons. The highest BCUT2D eigenvalue weighted by atomic mass is 16.5. The molecule has 0 radical (unpaired) electrons. The van der Waals surface area contributed by atoms with Crippen molar-refractivity contribution in [1.82, 2.24) is 0 Å². The Hall–Kier alpha value is -1.71. The van der Waals surface area contributed by atoms with E-state index in [4.69, 9.17) is 16.2 Å². The summed E-state index contributed by atoms with van der Waals surface area (Å²) in [4.78, 5) is 12.9. The van der Waals surface area contributed by atoms with Gasteiger partial charge in [-0.15, -0.1) is 0 Å². The van der Waals surface area contributed by atoms with Crippen molar-refractivity contribution in [3.05, 3.63) is 23.8 Å². The predicted octanol–water partition coefficient (Wildman–Crippen LogP) is 7.72. The standard InChI is InChI=1S/C32H50N2O2/c1-19(2)14-20(3)27-8-9-28-26-7-6-22-17-25(36-30(35)21-15-23(33)18-24(34)16-21)10-12-31(22,4)29(26)11-13-32(27,28)5/h15-16,18-20,22,25-29H,6-14,17,33-34H2,1-5H3. The van der Waals surface area contributed by atoms with Crippen LogP contribution in [0.25, 0.3) is 0 Å². The number of ether oxygens (including phenoxy) is 1. The number of carbonyl (C=O) groups excluding carboxylic acids is 1. The van der Waals surface area contributed by atoms with Gasteiger partial charge in [0.1, 0.15) is 6.10 Å². The van der Waals surface area contributed by atoms with Crippen LogP contribution < -0.4 is 11.5 Å². The lowest BCUT2D eigenvalue weighted by molar-refractivity contribution is -0.130. The first-order chi connectivity index (χ1) is 17.0. The maximum Gasteiger partial charge on any atom is 0.338 e. The molecule has 4 aliphatic carbocycles. The van der Waals surface area contributed by atoms with Crippen molar-refractivity contribution in [3.8, 4) is 0 Å². The van der Waals surface area contributed by atoms with Crippen molar-refractivity contribution in [2.45, 2.75) is 105 Å². The van der Waals surface area contributed by atoms with Gasteiger partial charge in [-0.25, -0.2) is 4.79 Å². The van der Waals surface area contributed by atoms with Crippen molar-refractivity contribution in [2.24, 2.45) is 52.3 Å². The molecule has 0 amide bonds. The van der Waals surface area contributed by atoms with Crippen LogP contribution in [0.5, 0.6) is 0 Å². The molecule has 5 rings (SSSR count). The van der Waals surface area contributed by atoms with Gasteiger partial charge in [-0.2, -0.15) is 0 Å². The minimum Gasteiger partial charge on any atom is -0.459 e. The molecule has 9 atom stereocenters. The summed E-state index contributed by atoms with van der Waals surface area (Å²) >= 11 is 0. The van der Waals surface area contributed by atoms with Gasteiger partial charge in [0.2, 0.25) is 0 Å². The van der Waals surface area contributed by atoms with Crippen LogP contribution in [0, 0.1) is 52.3 Å². The first-order valence-electron chi connectivity index (χ1n) is 14.9. The second-order valence-corrected chi connectivity index (χ2v) is 14.2. The van der Waals surface area contributed by atoms with E-state index in [1.54, 1.807) is 18.2 Å². The zero-order chi connectivity index (χ0) is 25.8. The van der Waals surface area contributed by atoms with Crippen LogP contribution in [0.3, 0.4) is 0 Å². The van der Waals surface area contributed by atoms with Gasteiger partial charge >= 0.3 is 5.97 Å². The van der Waals surface area contributed by atoms with Gasteiger partial charge in [-0.05, 0) is 135 Å². The highest BCUT2D eigenvalue weighted by molar-refractivity contribution is 5.91. The average Bonchev–Trinajstić information content (AvgIpc) is 3.15. The molecule has 1 aromatic rings. The van der Waals surface area contributed by atoms with Crippen molar-refractivity contribution in [3.63, 3.8) is 0 Å². The van der Waals surface area contributed by atoms with E-state index < -0.39 is 0 Å². The maximum atomic E-state index is 12.9. The average molecular weight is 495 g/mol. The Morgan fingerprint density at radius 2 is 1.58 bits per heavy atom. The molecule has 0 saturated heterocycles. The first-order valence-corrected chi connectivity index (χ1v) is 14.9. The highest BCUT2D eigenvalue weighted by Gasteiger charge is 2.60. The number of carbonyl (C=O) groups is 1. The molecule has 0 aromatic heterocycles. The van der Waals surface area contributed by atoms with Crippen LogP contribution in [-0.4, -0.2) is 12.1 Å². The number of hydrogen-bond donors (Lipinski definition) is 2. The van der Waals surface area contributed by atoms with Crippen LogP contribution in [-0.2, 0) is 4.74 Å². The minimum atomic E-state index is -0.280. The van der Waals surface area contributed by atoms with Crippen LogP contribution in [0.15, 0.2) is 18.2 Å². The number of esters is 1. The van der Waals surface area contributed by atoms with E-state index in [1.165, 1.54) is 51.4 Å². The maximum absolute atomic E-state index is 12.9. The summed E-state index contributed by atoms with van der Waals surface area (Å²) in [6, 6.07) is 5.02. The summed E-state index contributed by atoms with van der Waals surface area (Å²) in [6.45, 7) is 12.6. The number of nitrogen functional groups attached to an aromatic ring is 2. The quantitative estimate of drug-likeness (QED) is 0.324. The van der Waals surface area contributed by atoms with Crippen LogP contribution in [0.4, 0.5) is 11.4 Å². The molecule has 0 aliphatic heterocycles. The van der Waals surface area contributed by atoms with E-state index in [2.05, 4.69) is 34.6 Å². The second-order valence-electron chi connectivity index (χ2n) is 14.2. The zero-order valence-corrected chi connectivity index (χ0v) is 23.4. The molecule has 4 nitrogen and oxygen atoms in total. The molecule has 4 heteroatoms. The third kappa shape index (κ3) is 4.45. The van der Waals surface area contributed by atoms with E-state index in [0.717, 1.165) is 48.3 Å². The molecule has 4 saturated carbocycles. The van der Waals surface area contributed by atoms with Crippen LogP contribution in [0.1, 0.15) is 109 Å². The number of hydrogen-bond acceptors (Lipinski definition) is 4. The fraction of sp³-hybridized carbons (Fsp3) is 0.781. The summed E-state index contributed by atoms with van der Waals surface area (Å²) in [5.74, 6) is 5.60. The Morgan fingerprint density at radius 3 is 2.28 bits per heavy atom. The van der Waals surface area contributed by atoms with Crippen LogP contribution >= 0.6 is 0 Å². The van der Waals surface area contributed by atoms with E-state index in [0.29, 0.717) is 33.7 Å². The van der Waals surface area contributed by atoms with Gasteiger partial charge in [-0.1, -0.05) is 34.6 Å². The Balaban J connectivity index is 1.26. The molecule has 36 heavy (non-hydrogen) atoms. The second kappa shape index (κ2) is 9.55. The lowest BCUT2D eigenvalue weighted by Crippen LogP contribution is -2.54. The molecule has 9 unspecified atom stereocenters. The molecule has 1 aromatic carbocycles. The third-order valence-electron chi connectivity index (χ3n) is 11.7. The molecule has 4 N–H and O–H groups in total. The van der Waals surface area contributed by atoms with Crippen molar-refractivity contribution in [2.75, 3.05) is 11.5 Å². The molecule has 0 spiro atoms. The Bertz CT molecular complexity index is 955. The number of benzene rings is 1. The Kier molecular flexibility index (Phi) is 6.88. The number of rotatable bonds is 5. The molecule has 0 bridgehead atoms. The summed E-state index contributed by atoms with van der Waals surface area (Å²) in [6.07, 6.45) is 13.0. The van der Waals surface area contributed by atoms with E-state index >= 15 is 0 Å². The van der Waals surface area contributed by atoms with Gasteiger partial charge < -0.3 is 16.2 Å². The number of fused-ring (bicyclic) bond motifs is 5.